The van der Waals surface area contributed by atoms with Gasteiger partial charge in [-0.25, -0.2) is 0 Å². The summed E-state index contributed by atoms with van der Waals surface area (Å²) in [5.41, 5.74) is 6.52. The molecule has 0 N–H and O–H groups in total. The van der Waals surface area contributed by atoms with Crippen LogP contribution in [0.3, 0.4) is 0 Å². The van der Waals surface area contributed by atoms with Gasteiger partial charge in [0.1, 0.15) is 6.17 Å². The smallest absolute Gasteiger partial charge is 0.129 e. The molecule has 5 rings (SSSR count). The fourth-order valence-corrected chi connectivity index (χ4v) is 4.45. The third-order valence-corrected chi connectivity index (χ3v) is 6.01. The van der Waals surface area contributed by atoms with E-state index < -0.39 is 0 Å². The van der Waals surface area contributed by atoms with Gasteiger partial charge in [-0.1, -0.05) is 77.9 Å². The molecule has 1 saturated heterocycles. The zero-order valence-corrected chi connectivity index (χ0v) is 17.0. The standard InChI is InChI=1S/C27H26N2/c1-20-10-14-23(15-11-20)28-18-19-29(24-16-12-21(2)13-17-24)27(28)26-9-5-7-22-6-3-4-8-25(22)26/h3-17,27H,18-19H2,1-2H3. The molecule has 0 radical (unpaired) electrons. The summed E-state index contributed by atoms with van der Waals surface area (Å²) < 4.78 is 0. The first kappa shape index (κ1) is 17.8. The van der Waals surface area contributed by atoms with Crippen molar-refractivity contribution in [1.29, 1.82) is 0 Å². The predicted molar refractivity (Wildman–Crippen MR) is 124 cm³/mol. The van der Waals surface area contributed by atoms with Crippen molar-refractivity contribution in [3.63, 3.8) is 0 Å². The molecule has 1 heterocycles. The number of benzene rings is 4. The molecule has 29 heavy (non-hydrogen) atoms. The van der Waals surface area contributed by atoms with E-state index >= 15 is 0 Å². The maximum atomic E-state index is 2.54. The molecule has 2 heteroatoms. The fourth-order valence-electron chi connectivity index (χ4n) is 4.45. The molecule has 1 fully saturated rings. The Hall–Kier alpha value is -3.26. The highest BCUT2D eigenvalue weighted by Crippen LogP contribution is 2.40. The average Bonchev–Trinajstić information content (AvgIpc) is 3.19. The normalized spacial score (nSPS) is 14.7. The molecule has 4 aromatic rings. The fraction of sp³-hybridized carbons (Fsp3) is 0.185. The van der Waals surface area contributed by atoms with E-state index in [1.807, 2.05) is 0 Å². The summed E-state index contributed by atoms with van der Waals surface area (Å²) in [6, 6.07) is 33.3. The first-order valence-electron chi connectivity index (χ1n) is 10.3. The van der Waals surface area contributed by atoms with Crippen LogP contribution in [-0.2, 0) is 0 Å². The molecular formula is C27H26N2. The molecule has 4 aromatic carbocycles. The molecule has 2 nitrogen and oxygen atoms in total. The van der Waals surface area contributed by atoms with E-state index in [0.29, 0.717) is 0 Å². The van der Waals surface area contributed by atoms with Crippen LogP contribution in [0.25, 0.3) is 10.8 Å². The largest absolute Gasteiger partial charge is 0.346 e. The monoisotopic (exact) mass is 378 g/mol. The van der Waals surface area contributed by atoms with Gasteiger partial charge in [0, 0.05) is 30.0 Å². The van der Waals surface area contributed by atoms with E-state index in [4.69, 9.17) is 0 Å². The molecule has 0 saturated carbocycles. The third kappa shape index (κ3) is 3.25. The van der Waals surface area contributed by atoms with E-state index in [1.54, 1.807) is 0 Å². The van der Waals surface area contributed by atoms with Crippen LogP contribution in [0.2, 0.25) is 0 Å². The Morgan fingerprint density at radius 1 is 0.586 bits per heavy atom. The Balaban J connectivity index is 1.66. The summed E-state index contributed by atoms with van der Waals surface area (Å²) in [5, 5.41) is 2.63. The van der Waals surface area contributed by atoms with Gasteiger partial charge in [-0.05, 0) is 48.9 Å². The molecule has 0 aliphatic carbocycles. The van der Waals surface area contributed by atoms with E-state index in [9.17, 15) is 0 Å². The average molecular weight is 379 g/mol. The topological polar surface area (TPSA) is 6.48 Å². The first-order chi connectivity index (χ1) is 14.2. The zero-order valence-electron chi connectivity index (χ0n) is 17.0. The van der Waals surface area contributed by atoms with Gasteiger partial charge in [0.15, 0.2) is 0 Å². The third-order valence-electron chi connectivity index (χ3n) is 6.01. The van der Waals surface area contributed by atoms with Crippen molar-refractivity contribution in [2.75, 3.05) is 22.9 Å². The molecule has 0 aromatic heterocycles. The van der Waals surface area contributed by atoms with Gasteiger partial charge >= 0.3 is 0 Å². The number of anilines is 2. The molecule has 144 valence electrons. The van der Waals surface area contributed by atoms with Gasteiger partial charge in [-0.3, -0.25) is 0 Å². The number of rotatable bonds is 3. The second-order valence-electron chi connectivity index (χ2n) is 8.00. The van der Waals surface area contributed by atoms with Crippen molar-refractivity contribution in [2.24, 2.45) is 0 Å². The highest BCUT2D eigenvalue weighted by Gasteiger charge is 2.34. The van der Waals surface area contributed by atoms with Gasteiger partial charge in [-0.2, -0.15) is 0 Å². The van der Waals surface area contributed by atoms with Gasteiger partial charge in [0.25, 0.3) is 0 Å². The van der Waals surface area contributed by atoms with Gasteiger partial charge < -0.3 is 9.80 Å². The minimum Gasteiger partial charge on any atom is -0.346 e. The van der Waals surface area contributed by atoms with Crippen LogP contribution in [-0.4, -0.2) is 13.1 Å². The van der Waals surface area contributed by atoms with Gasteiger partial charge in [-0.15, -0.1) is 0 Å². The minimum absolute atomic E-state index is 0.173. The lowest BCUT2D eigenvalue weighted by Gasteiger charge is -2.34. The molecule has 1 aliphatic heterocycles. The summed E-state index contributed by atoms with van der Waals surface area (Å²) in [5.74, 6) is 0. The minimum atomic E-state index is 0.173. The molecule has 0 atom stereocenters. The predicted octanol–water partition coefficient (Wildman–Crippen LogP) is 6.48. The van der Waals surface area contributed by atoms with Crippen molar-refractivity contribution in [3.8, 4) is 0 Å². The highest BCUT2D eigenvalue weighted by atomic mass is 15.4. The molecule has 0 bridgehead atoms. The maximum absolute atomic E-state index is 2.54. The van der Waals surface area contributed by atoms with Crippen LogP contribution in [0, 0.1) is 13.8 Å². The molecule has 0 spiro atoms. The van der Waals surface area contributed by atoms with Crippen LogP contribution >= 0.6 is 0 Å². The molecule has 0 unspecified atom stereocenters. The first-order valence-corrected chi connectivity index (χ1v) is 10.3. The summed E-state index contributed by atoms with van der Waals surface area (Å²) in [6.45, 7) is 6.30. The summed E-state index contributed by atoms with van der Waals surface area (Å²) in [7, 11) is 0. The summed E-state index contributed by atoms with van der Waals surface area (Å²) >= 11 is 0. The maximum Gasteiger partial charge on any atom is 0.129 e. The van der Waals surface area contributed by atoms with Crippen molar-refractivity contribution >= 4 is 22.1 Å². The van der Waals surface area contributed by atoms with E-state index in [1.165, 1.54) is 38.8 Å². The van der Waals surface area contributed by atoms with E-state index in [0.717, 1.165) is 13.1 Å². The van der Waals surface area contributed by atoms with Crippen molar-refractivity contribution in [2.45, 2.75) is 20.0 Å². The van der Waals surface area contributed by atoms with Crippen LogP contribution in [0.5, 0.6) is 0 Å². The van der Waals surface area contributed by atoms with Gasteiger partial charge in [0.05, 0.1) is 0 Å². The summed E-state index contributed by atoms with van der Waals surface area (Å²) in [4.78, 5) is 5.09. The lowest BCUT2D eigenvalue weighted by molar-refractivity contribution is 0.723. The second kappa shape index (κ2) is 7.29. The molecular weight excluding hydrogens is 352 g/mol. The number of fused-ring (bicyclic) bond motifs is 1. The number of hydrogen-bond donors (Lipinski definition) is 0. The molecule has 1 aliphatic rings. The highest BCUT2D eigenvalue weighted by molar-refractivity contribution is 5.87. The number of nitrogens with zero attached hydrogens (tertiary/aromatic N) is 2. The summed E-state index contributed by atoms with van der Waals surface area (Å²) in [6.07, 6.45) is 0.173. The van der Waals surface area contributed by atoms with Crippen LogP contribution < -0.4 is 9.80 Å². The Morgan fingerprint density at radius 2 is 1.10 bits per heavy atom. The SMILES string of the molecule is Cc1ccc(N2CCN(c3ccc(C)cc3)C2c2cccc3ccccc23)cc1. The van der Waals surface area contributed by atoms with Crippen molar-refractivity contribution in [1.82, 2.24) is 0 Å². The van der Waals surface area contributed by atoms with E-state index in [-0.39, 0.29) is 6.17 Å². The van der Waals surface area contributed by atoms with E-state index in [2.05, 4.69) is 115 Å². The lowest BCUT2D eigenvalue weighted by Crippen LogP contribution is -2.31. The second-order valence-corrected chi connectivity index (χ2v) is 8.00. The van der Waals surface area contributed by atoms with Crippen LogP contribution in [0.4, 0.5) is 11.4 Å². The Kier molecular flexibility index (Phi) is 4.48. The Bertz CT molecular complexity index is 1070. The van der Waals surface area contributed by atoms with Crippen LogP contribution in [0.1, 0.15) is 22.9 Å². The van der Waals surface area contributed by atoms with Crippen LogP contribution in [0.15, 0.2) is 91.0 Å². The van der Waals surface area contributed by atoms with Gasteiger partial charge in [0.2, 0.25) is 0 Å². The zero-order chi connectivity index (χ0) is 19.8. The number of aryl methyl sites for hydroxylation is 2. The lowest BCUT2D eigenvalue weighted by atomic mass is 10.0. The number of hydrogen-bond acceptors (Lipinski definition) is 2. The quantitative estimate of drug-likeness (QED) is 0.402. The Morgan fingerprint density at radius 3 is 1.69 bits per heavy atom. The Labute approximate surface area is 173 Å². The van der Waals surface area contributed by atoms with Crippen molar-refractivity contribution < 1.29 is 0 Å². The van der Waals surface area contributed by atoms with Crippen molar-refractivity contribution in [3.05, 3.63) is 108 Å². The molecule has 0 amide bonds.